The van der Waals surface area contributed by atoms with Crippen LogP contribution in [0.2, 0.25) is 0 Å². The van der Waals surface area contributed by atoms with Crippen LogP contribution in [-0.4, -0.2) is 15.2 Å². The summed E-state index contributed by atoms with van der Waals surface area (Å²) in [5.41, 5.74) is 0.746. The van der Waals surface area contributed by atoms with Gasteiger partial charge in [-0.2, -0.15) is 5.10 Å². The number of nitrogens with one attached hydrogen (secondary N) is 1. The van der Waals surface area contributed by atoms with Crippen molar-refractivity contribution in [3.63, 3.8) is 0 Å². The van der Waals surface area contributed by atoms with E-state index in [4.69, 9.17) is 0 Å². The van der Waals surface area contributed by atoms with E-state index in [0.717, 1.165) is 6.20 Å². The molecule has 0 aliphatic carbocycles. The van der Waals surface area contributed by atoms with Gasteiger partial charge in [0.1, 0.15) is 5.82 Å². The molecule has 0 spiro atoms. The Morgan fingerprint density at radius 3 is 2.64 bits per heavy atom. The molecular formula is C9H6FN3O. The van der Waals surface area contributed by atoms with E-state index in [1.807, 2.05) is 0 Å². The highest BCUT2D eigenvalue weighted by Gasteiger charge is 2.00. The third kappa shape index (κ3) is 1.66. The van der Waals surface area contributed by atoms with Crippen molar-refractivity contribution in [2.45, 2.75) is 0 Å². The Morgan fingerprint density at radius 1 is 1.14 bits per heavy atom. The second-order valence-electron chi connectivity index (χ2n) is 2.73. The number of pyridine rings is 1. The van der Waals surface area contributed by atoms with Gasteiger partial charge in [0.05, 0.1) is 12.4 Å². The monoisotopic (exact) mass is 191 g/mol. The van der Waals surface area contributed by atoms with Crippen LogP contribution in [0.15, 0.2) is 35.5 Å². The summed E-state index contributed by atoms with van der Waals surface area (Å²) in [6.07, 6.45) is 4.02. The summed E-state index contributed by atoms with van der Waals surface area (Å²) in [6.45, 7) is 0. The summed E-state index contributed by atoms with van der Waals surface area (Å²) in [7, 11) is 0. The first-order valence-electron chi connectivity index (χ1n) is 3.91. The van der Waals surface area contributed by atoms with E-state index in [1.54, 1.807) is 0 Å². The van der Waals surface area contributed by atoms with Crippen LogP contribution in [0, 0.1) is 5.82 Å². The van der Waals surface area contributed by atoms with Crippen molar-refractivity contribution in [2.75, 3.05) is 0 Å². The quantitative estimate of drug-likeness (QED) is 0.730. The predicted octanol–water partition coefficient (Wildman–Crippen LogP) is 0.971. The van der Waals surface area contributed by atoms with Crippen LogP contribution in [0.5, 0.6) is 0 Å². The number of H-pyrrole nitrogens is 1. The van der Waals surface area contributed by atoms with Gasteiger partial charge in [0.25, 0.3) is 5.56 Å². The maximum Gasteiger partial charge on any atom is 0.264 e. The van der Waals surface area contributed by atoms with Crippen molar-refractivity contribution < 1.29 is 4.39 Å². The maximum atomic E-state index is 12.8. The third-order valence-corrected chi connectivity index (χ3v) is 1.70. The molecule has 0 aliphatic heterocycles. The summed E-state index contributed by atoms with van der Waals surface area (Å²) in [5, 5.41) is 5.84. The van der Waals surface area contributed by atoms with Crippen LogP contribution in [0.25, 0.3) is 11.1 Å². The molecule has 0 aliphatic rings. The zero-order valence-electron chi connectivity index (χ0n) is 7.07. The highest BCUT2D eigenvalue weighted by molar-refractivity contribution is 5.60. The van der Waals surface area contributed by atoms with Gasteiger partial charge in [-0.3, -0.25) is 9.78 Å². The highest BCUT2D eigenvalue weighted by atomic mass is 19.1. The van der Waals surface area contributed by atoms with E-state index >= 15 is 0 Å². The maximum absolute atomic E-state index is 12.8. The molecule has 0 saturated heterocycles. The van der Waals surface area contributed by atoms with Crippen molar-refractivity contribution in [2.24, 2.45) is 0 Å². The number of nitrogens with zero attached hydrogens (tertiary/aromatic N) is 2. The SMILES string of the molecule is O=c1cc(-c2cncc(F)c2)cn[nH]1. The van der Waals surface area contributed by atoms with Crippen molar-refractivity contribution in [3.8, 4) is 11.1 Å². The van der Waals surface area contributed by atoms with E-state index in [1.165, 1.54) is 24.5 Å². The average Bonchev–Trinajstić information content (AvgIpc) is 2.18. The Balaban J connectivity index is 2.55. The molecule has 0 bridgehead atoms. The fourth-order valence-corrected chi connectivity index (χ4v) is 1.10. The number of hydrogen-bond donors (Lipinski definition) is 1. The molecule has 4 nitrogen and oxygen atoms in total. The fraction of sp³-hybridized carbons (Fsp3) is 0. The van der Waals surface area contributed by atoms with Crippen LogP contribution >= 0.6 is 0 Å². The van der Waals surface area contributed by atoms with Gasteiger partial charge in [-0.15, -0.1) is 0 Å². The van der Waals surface area contributed by atoms with Gasteiger partial charge in [0.15, 0.2) is 0 Å². The highest BCUT2D eigenvalue weighted by Crippen LogP contribution is 2.15. The molecule has 2 aromatic heterocycles. The molecule has 0 atom stereocenters. The van der Waals surface area contributed by atoms with E-state index in [-0.39, 0.29) is 5.56 Å². The topological polar surface area (TPSA) is 58.6 Å². The summed E-state index contributed by atoms with van der Waals surface area (Å²) >= 11 is 0. The average molecular weight is 191 g/mol. The Hall–Kier alpha value is -2.04. The Morgan fingerprint density at radius 2 is 1.93 bits per heavy atom. The lowest BCUT2D eigenvalue weighted by Crippen LogP contribution is -2.05. The molecule has 0 aromatic carbocycles. The molecule has 0 amide bonds. The second kappa shape index (κ2) is 3.37. The van der Waals surface area contributed by atoms with Crippen LogP contribution in [0.1, 0.15) is 0 Å². The molecule has 0 saturated carbocycles. The van der Waals surface area contributed by atoms with E-state index in [0.29, 0.717) is 11.1 Å². The number of halogens is 1. The minimum atomic E-state index is -0.442. The molecule has 0 unspecified atom stereocenters. The first-order chi connectivity index (χ1) is 6.75. The summed E-state index contributed by atoms with van der Waals surface area (Å²) < 4.78 is 12.8. The molecule has 5 heteroatoms. The van der Waals surface area contributed by atoms with E-state index < -0.39 is 5.82 Å². The van der Waals surface area contributed by atoms with Gasteiger partial charge in [0.2, 0.25) is 0 Å². The van der Waals surface area contributed by atoms with Gasteiger partial charge in [-0.05, 0) is 6.07 Å². The normalized spacial score (nSPS) is 10.1. The van der Waals surface area contributed by atoms with Crippen molar-refractivity contribution in [1.82, 2.24) is 15.2 Å². The lowest BCUT2D eigenvalue weighted by Gasteiger charge is -1.98. The molecule has 0 radical (unpaired) electrons. The molecule has 2 heterocycles. The first-order valence-corrected chi connectivity index (χ1v) is 3.91. The van der Waals surface area contributed by atoms with Gasteiger partial charge in [0, 0.05) is 23.4 Å². The van der Waals surface area contributed by atoms with Gasteiger partial charge in [-0.1, -0.05) is 0 Å². The number of aromatic amines is 1. The molecular weight excluding hydrogens is 185 g/mol. The lowest BCUT2D eigenvalue weighted by atomic mass is 10.1. The zero-order chi connectivity index (χ0) is 9.97. The van der Waals surface area contributed by atoms with Gasteiger partial charge in [-0.25, -0.2) is 9.49 Å². The number of hydrogen-bond acceptors (Lipinski definition) is 3. The summed E-state index contributed by atoms with van der Waals surface area (Å²) in [6, 6.07) is 2.63. The standard InChI is InChI=1S/C9H6FN3O/c10-8-1-6(3-11-5-8)7-2-9(14)13-12-4-7/h1-5H,(H,13,14). The fourth-order valence-electron chi connectivity index (χ4n) is 1.10. The van der Waals surface area contributed by atoms with E-state index in [2.05, 4.69) is 15.2 Å². The molecule has 2 aromatic rings. The van der Waals surface area contributed by atoms with Crippen LogP contribution in [0.4, 0.5) is 4.39 Å². The number of rotatable bonds is 1. The third-order valence-electron chi connectivity index (χ3n) is 1.70. The minimum absolute atomic E-state index is 0.327. The molecule has 70 valence electrons. The lowest BCUT2D eigenvalue weighted by molar-refractivity contribution is 0.622. The first kappa shape index (κ1) is 8.55. The summed E-state index contributed by atoms with van der Waals surface area (Å²) in [5.74, 6) is -0.442. The Labute approximate surface area is 78.4 Å². The zero-order valence-corrected chi connectivity index (χ0v) is 7.07. The molecule has 2 rings (SSSR count). The molecule has 1 N–H and O–H groups in total. The predicted molar refractivity (Wildman–Crippen MR) is 48.0 cm³/mol. The smallest absolute Gasteiger partial charge is 0.264 e. The minimum Gasteiger partial charge on any atom is -0.268 e. The van der Waals surface area contributed by atoms with Gasteiger partial charge < -0.3 is 0 Å². The molecule has 0 fully saturated rings. The number of aromatic nitrogens is 3. The van der Waals surface area contributed by atoms with Crippen LogP contribution < -0.4 is 5.56 Å². The summed E-state index contributed by atoms with van der Waals surface area (Å²) in [4.78, 5) is 14.6. The van der Waals surface area contributed by atoms with Crippen LogP contribution in [0.3, 0.4) is 0 Å². The van der Waals surface area contributed by atoms with Crippen LogP contribution in [-0.2, 0) is 0 Å². The largest absolute Gasteiger partial charge is 0.268 e. The van der Waals surface area contributed by atoms with Crippen molar-refractivity contribution >= 4 is 0 Å². The van der Waals surface area contributed by atoms with Gasteiger partial charge >= 0.3 is 0 Å². The Bertz CT molecular complexity index is 509. The van der Waals surface area contributed by atoms with Crippen molar-refractivity contribution in [1.29, 1.82) is 0 Å². The molecule has 14 heavy (non-hydrogen) atoms. The second-order valence-corrected chi connectivity index (χ2v) is 2.73. The van der Waals surface area contributed by atoms with E-state index in [9.17, 15) is 9.18 Å². The van der Waals surface area contributed by atoms with Crippen molar-refractivity contribution in [3.05, 3.63) is 46.9 Å². The Kier molecular flexibility index (Phi) is 2.06.